The van der Waals surface area contributed by atoms with Gasteiger partial charge in [0.25, 0.3) is 0 Å². The van der Waals surface area contributed by atoms with Gasteiger partial charge in [0.05, 0.1) is 8.66 Å². The average Bonchev–Trinajstić information content (AvgIpc) is 2.76. The fraction of sp³-hybridized carbons (Fsp3) is 0.250. The molecule has 1 N–H and O–H groups in total. The van der Waals surface area contributed by atoms with E-state index in [0.29, 0.717) is 18.8 Å². The fourth-order valence-corrected chi connectivity index (χ4v) is 2.73. The maximum Gasteiger partial charge on any atom is 0.148 e. The second-order valence-corrected chi connectivity index (χ2v) is 6.25. The van der Waals surface area contributed by atoms with Gasteiger partial charge in [0.2, 0.25) is 0 Å². The number of ketones is 1. The monoisotopic (exact) mass is 325 g/mol. The molecule has 0 saturated carbocycles. The Balaban J connectivity index is 1.99. The number of nitrogens with one attached hydrogen (secondary N) is 1. The van der Waals surface area contributed by atoms with Crippen molar-refractivity contribution in [3.63, 3.8) is 0 Å². The van der Waals surface area contributed by atoms with Gasteiger partial charge in [-0.05, 0) is 47.1 Å². The van der Waals surface area contributed by atoms with Crippen LogP contribution >= 0.6 is 27.3 Å². The summed E-state index contributed by atoms with van der Waals surface area (Å²) < 4.78 is 1.07. The lowest BCUT2D eigenvalue weighted by molar-refractivity contribution is -0.116. The van der Waals surface area contributed by atoms with Gasteiger partial charge < -0.3 is 5.32 Å². The van der Waals surface area contributed by atoms with E-state index in [1.165, 1.54) is 0 Å². The quantitative estimate of drug-likeness (QED) is 0.915. The molecule has 0 bridgehead atoms. The lowest BCUT2D eigenvalue weighted by Crippen LogP contribution is -2.07. The van der Waals surface area contributed by atoms with Crippen molar-refractivity contribution in [2.24, 2.45) is 0 Å². The van der Waals surface area contributed by atoms with Crippen LogP contribution in [0.2, 0.25) is 0 Å². The highest BCUT2D eigenvalue weighted by Gasteiger charge is 2.04. The molecule has 0 fully saturated rings. The number of halogens is 1. The summed E-state index contributed by atoms with van der Waals surface area (Å²) in [6.45, 7) is 2.17. The van der Waals surface area contributed by atoms with Gasteiger partial charge in [-0.2, -0.15) is 0 Å². The van der Waals surface area contributed by atoms with E-state index in [9.17, 15) is 4.79 Å². The van der Waals surface area contributed by atoms with Crippen LogP contribution in [0.15, 0.2) is 28.1 Å². The van der Waals surface area contributed by atoms with E-state index >= 15 is 0 Å². The van der Waals surface area contributed by atoms with Gasteiger partial charge in [-0.3, -0.25) is 4.79 Å². The van der Waals surface area contributed by atoms with Gasteiger partial charge in [-0.25, -0.2) is 0 Å². The summed E-state index contributed by atoms with van der Waals surface area (Å²) in [5.74, 6) is 0.853. The lowest BCUT2D eigenvalue weighted by Gasteiger charge is -2.03. The first-order chi connectivity index (χ1) is 8.65. The van der Waals surface area contributed by atoms with Crippen molar-refractivity contribution >= 4 is 38.9 Å². The predicted molar refractivity (Wildman–Crippen MR) is 76.8 cm³/mol. The van der Waals surface area contributed by atoms with E-state index in [1.54, 1.807) is 18.3 Å². The number of anilines is 1. The standard InChI is InChI=1S/C12H12BrN3OS/c1-8(17)6-7-14-12-5-2-9(15-16-12)10-3-4-11(13)18-10/h2-5H,6-7H2,1H3,(H,14,16). The third kappa shape index (κ3) is 3.61. The summed E-state index contributed by atoms with van der Waals surface area (Å²) in [5, 5.41) is 11.3. The van der Waals surface area contributed by atoms with Crippen LogP contribution in [0, 0.1) is 0 Å². The van der Waals surface area contributed by atoms with E-state index in [-0.39, 0.29) is 5.78 Å². The molecule has 2 aromatic heterocycles. The lowest BCUT2D eigenvalue weighted by atomic mass is 10.3. The largest absolute Gasteiger partial charge is 0.368 e. The molecule has 0 amide bonds. The zero-order valence-corrected chi connectivity index (χ0v) is 12.2. The van der Waals surface area contributed by atoms with Gasteiger partial charge in [-0.15, -0.1) is 21.5 Å². The minimum Gasteiger partial charge on any atom is -0.368 e. The van der Waals surface area contributed by atoms with E-state index in [1.807, 2.05) is 24.3 Å². The molecule has 0 atom stereocenters. The molecule has 0 unspecified atom stereocenters. The van der Waals surface area contributed by atoms with Crippen LogP contribution < -0.4 is 5.32 Å². The van der Waals surface area contributed by atoms with Gasteiger partial charge >= 0.3 is 0 Å². The SMILES string of the molecule is CC(=O)CCNc1ccc(-c2ccc(Br)s2)nn1. The fourth-order valence-electron chi connectivity index (χ4n) is 1.38. The summed E-state index contributed by atoms with van der Waals surface area (Å²) in [5.41, 5.74) is 0.850. The van der Waals surface area contributed by atoms with Crippen molar-refractivity contribution in [1.29, 1.82) is 0 Å². The Bertz CT molecular complexity index is 539. The third-order valence-corrected chi connectivity index (χ3v) is 3.92. The number of hydrogen-bond donors (Lipinski definition) is 1. The molecule has 0 aliphatic heterocycles. The molecule has 18 heavy (non-hydrogen) atoms. The first kappa shape index (κ1) is 13.2. The maximum atomic E-state index is 10.8. The molecule has 0 aliphatic carbocycles. The van der Waals surface area contributed by atoms with E-state index < -0.39 is 0 Å². The molecule has 0 aromatic carbocycles. The van der Waals surface area contributed by atoms with Gasteiger partial charge in [0, 0.05) is 13.0 Å². The Morgan fingerprint density at radius 1 is 1.33 bits per heavy atom. The van der Waals surface area contributed by atoms with Crippen LogP contribution in [-0.2, 0) is 4.79 Å². The van der Waals surface area contributed by atoms with Crippen LogP contribution in [0.3, 0.4) is 0 Å². The van der Waals surface area contributed by atoms with Gasteiger partial charge in [0.1, 0.15) is 17.3 Å². The molecular weight excluding hydrogens is 314 g/mol. The maximum absolute atomic E-state index is 10.8. The van der Waals surface area contributed by atoms with Crippen LogP contribution in [0.25, 0.3) is 10.6 Å². The molecular formula is C12H12BrN3OS. The molecule has 2 rings (SSSR count). The third-order valence-electron chi connectivity index (χ3n) is 2.27. The Hall–Kier alpha value is -1.27. The van der Waals surface area contributed by atoms with Crippen LogP contribution in [0.4, 0.5) is 5.82 Å². The summed E-state index contributed by atoms with van der Waals surface area (Å²) >= 11 is 5.04. The highest BCUT2D eigenvalue weighted by molar-refractivity contribution is 9.11. The molecule has 6 heteroatoms. The average molecular weight is 326 g/mol. The molecule has 0 saturated heterocycles. The molecule has 2 heterocycles. The number of Topliss-reactive ketones (excluding diaryl/α,β-unsaturated/α-hetero) is 1. The second-order valence-electron chi connectivity index (χ2n) is 3.79. The number of aromatic nitrogens is 2. The first-order valence-electron chi connectivity index (χ1n) is 5.48. The number of rotatable bonds is 5. The zero-order valence-electron chi connectivity index (χ0n) is 9.81. The minimum atomic E-state index is 0.163. The van der Waals surface area contributed by atoms with Gasteiger partial charge in [0.15, 0.2) is 0 Å². The molecule has 2 aromatic rings. The van der Waals surface area contributed by atoms with Gasteiger partial charge in [-0.1, -0.05) is 0 Å². The van der Waals surface area contributed by atoms with Crippen molar-refractivity contribution in [1.82, 2.24) is 10.2 Å². The Labute approximate surface area is 118 Å². The van der Waals surface area contributed by atoms with Crippen molar-refractivity contribution < 1.29 is 4.79 Å². The highest BCUT2D eigenvalue weighted by Crippen LogP contribution is 2.29. The number of thiophene rings is 1. The Kier molecular flexibility index (Phi) is 4.43. The van der Waals surface area contributed by atoms with E-state index in [4.69, 9.17) is 0 Å². The minimum absolute atomic E-state index is 0.163. The number of carbonyl (C=O) groups is 1. The predicted octanol–water partition coefficient (Wildman–Crippen LogP) is 3.36. The number of nitrogens with zero attached hydrogens (tertiary/aromatic N) is 2. The van der Waals surface area contributed by atoms with Crippen LogP contribution in [0.1, 0.15) is 13.3 Å². The summed E-state index contributed by atoms with van der Waals surface area (Å²) in [7, 11) is 0. The van der Waals surface area contributed by atoms with Crippen molar-refractivity contribution in [3.05, 3.63) is 28.1 Å². The van der Waals surface area contributed by atoms with Crippen molar-refractivity contribution in [3.8, 4) is 10.6 Å². The highest BCUT2D eigenvalue weighted by atomic mass is 79.9. The number of hydrogen-bond acceptors (Lipinski definition) is 5. The van der Waals surface area contributed by atoms with Crippen LogP contribution in [0.5, 0.6) is 0 Å². The number of carbonyl (C=O) groups excluding carboxylic acids is 1. The summed E-state index contributed by atoms with van der Waals surface area (Å²) in [6.07, 6.45) is 0.501. The first-order valence-corrected chi connectivity index (χ1v) is 7.09. The Morgan fingerprint density at radius 2 is 2.17 bits per heavy atom. The summed E-state index contributed by atoms with van der Waals surface area (Å²) in [6, 6.07) is 7.78. The van der Waals surface area contributed by atoms with E-state index in [0.717, 1.165) is 14.4 Å². The normalized spacial score (nSPS) is 10.3. The summed E-state index contributed by atoms with van der Waals surface area (Å²) in [4.78, 5) is 11.9. The molecule has 0 spiro atoms. The molecule has 4 nitrogen and oxygen atoms in total. The topological polar surface area (TPSA) is 54.9 Å². The molecule has 94 valence electrons. The second kappa shape index (κ2) is 6.06. The smallest absolute Gasteiger partial charge is 0.148 e. The molecule has 0 aliphatic rings. The van der Waals surface area contributed by atoms with Crippen molar-refractivity contribution in [2.45, 2.75) is 13.3 Å². The Morgan fingerprint density at radius 3 is 2.72 bits per heavy atom. The zero-order chi connectivity index (χ0) is 13.0. The van der Waals surface area contributed by atoms with Crippen molar-refractivity contribution in [2.75, 3.05) is 11.9 Å². The van der Waals surface area contributed by atoms with Crippen LogP contribution in [-0.4, -0.2) is 22.5 Å². The van der Waals surface area contributed by atoms with E-state index in [2.05, 4.69) is 31.4 Å². The molecule has 0 radical (unpaired) electrons.